The van der Waals surface area contributed by atoms with Gasteiger partial charge < -0.3 is 5.32 Å². The van der Waals surface area contributed by atoms with Gasteiger partial charge in [0.2, 0.25) is 5.96 Å². The summed E-state index contributed by atoms with van der Waals surface area (Å²) >= 11 is 1.70. The molecule has 0 spiro atoms. The van der Waals surface area contributed by atoms with Gasteiger partial charge in [-0.05, 0) is 52.7 Å². The summed E-state index contributed by atoms with van der Waals surface area (Å²) in [5, 5.41) is 9.06. The molecule has 1 aliphatic heterocycles. The molecule has 3 aromatic rings. The topological polar surface area (TPSA) is 53.5 Å². The summed E-state index contributed by atoms with van der Waals surface area (Å²) in [4.78, 5) is 16.4. The van der Waals surface area contributed by atoms with Crippen LogP contribution in [0.15, 0.2) is 70.7 Å². The van der Waals surface area contributed by atoms with Crippen molar-refractivity contribution in [3.63, 3.8) is 0 Å². The van der Waals surface area contributed by atoms with Gasteiger partial charge in [-0.3, -0.25) is 10.1 Å². The molecule has 0 bridgehead atoms. The molecule has 112 valence electrons. The summed E-state index contributed by atoms with van der Waals surface area (Å²) in [6.45, 7) is 0. The molecule has 2 aromatic carbocycles. The van der Waals surface area contributed by atoms with E-state index >= 15 is 0 Å². The molecule has 0 saturated heterocycles. The highest BCUT2D eigenvalue weighted by Gasteiger charge is 2.19. The molecule has 1 aliphatic rings. The molecule has 1 amide bonds. The van der Waals surface area contributed by atoms with Crippen molar-refractivity contribution in [2.75, 3.05) is 5.32 Å². The molecule has 0 aliphatic carbocycles. The largest absolute Gasteiger partial charge is 0.326 e. The van der Waals surface area contributed by atoms with Crippen molar-refractivity contribution in [2.24, 2.45) is 4.99 Å². The maximum atomic E-state index is 12.1. The Morgan fingerprint density at radius 3 is 2.83 bits per heavy atom. The molecule has 2 N–H and O–H groups in total. The summed E-state index contributed by atoms with van der Waals surface area (Å²) in [5.41, 5.74) is 2.25. The second-order valence-electron chi connectivity index (χ2n) is 5.15. The van der Waals surface area contributed by atoms with Crippen LogP contribution in [0.1, 0.15) is 5.56 Å². The normalized spacial score (nSPS) is 15.7. The van der Waals surface area contributed by atoms with Gasteiger partial charge in [0.25, 0.3) is 5.91 Å². The van der Waals surface area contributed by atoms with E-state index in [-0.39, 0.29) is 5.91 Å². The van der Waals surface area contributed by atoms with Crippen molar-refractivity contribution in [2.45, 2.75) is 0 Å². The van der Waals surface area contributed by atoms with Crippen LogP contribution in [0.25, 0.3) is 16.2 Å². The summed E-state index contributed by atoms with van der Waals surface area (Å²) in [7, 11) is 0. The van der Waals surface area contributed by atoms with E-state index in [4.69, 9.17) is 0 Å². The van der Waals surface area contributed by atoms with Gasteiger partial charge in [-0.25, -0.2) is 4.99 Å². The van der Waals surface area contributed by atoms with Crippen molar-refractivity contribution in [1.29, 1.82) is 0 Å². The van der Waals surface area contributed by atoms with E-state index in [1.807, 2.05) is 36.4 Å². The zero-order valence-corrected chi connectivity index (χ0v) is 12.9. The van der Waals surface area contributed by atoms with Crippen LogP contribution in [0, 0.1) is 0 Å². The summed E-state index contributed by atoms with van der Waals surface area (Å²) < 4.78 is 1.23. The Morgan fingerprint density at radius 1 is 1.09 bits per heavy atom. The average molecular weight is 319 g/mol. The van der Waals surface area contributed by atoms with Crippen LogP contribution in [0.3, 0.4) is 0 Å². The number of hydrogen-bond acceptors (Lipinski definition) is 4. The van der Waals surface area contributed by atoms with Gasteiger partial charge in [-0.1, -0.05) is 24.3 Å². The molecule has 0 unspecified atom stereocenters. The lowest BCUT2D eigenvalue weighted by molar-refractivity contribution is -0.115. The second kappa shape index (κ2) is 5.70. The Bertz CT molecular complexity index is 941. The number of hydrogen-bond donors (Lipinski definition) is 2. The number of nitrogens with one attached hydrogen (secondary N) is 2. The fourth-order valence-electron chi connectivity index (χ4n) is 2.42. The predicted molar refractivity (Wildman–Crippen MR) is 95.4 cm³/mol. The Balaban J connectivity index is 1.61. The number of carbonyl (C=O) groups excluding carboxylic acids is 1. The third kappa shape index (κ3) is 2.86. The van der Waals surface area contributed by atoms with Crippen LogP contribution in [0.2, 0.25) is 0 Å². The van der Waals surface area contributed by atoms with Gasteiger partial charge in [-0.15, -0.1) is 11.3 Å². The summed E-state index contributed by atoms with van der Waals surface area (Å²) in [6, 6.07) is 17.8. The highest BCUT2D eigenvalue weighted by molar-refractivity contribution is 7.17. The van der Waals surface area contributed by atoms with Gasteiger partial charge in [-0.2, -0.15) is 0 Å². The van der Waals surface area contributed by atoms with Crippen LogP contribution >= 0.6 is 11.3 Å². The standard InChI is InChI=1S/C18H13N3OS/c22-17-15(11-12-6-7-16-13(10-12)8-9-23-16)20-18(21-17)19-14-4-2-1-3-5-14/h1-11H,(H2,19,20,21,22)/b15-11-. The number of anilines is 1. The van der Waals surface area contributed by atoms with Crippen LogP contribution in [-0.2, 0) is 4.79 Å². The fraction of sp³-hybridized carbons (Fsp3) is 0. The monoisotopic (exact) mass is 319 g/mol. The number of benzene rings is 2. The molecular weight excluding hydrogens is 306 g/mol. The first kappa shape index (κ1) is 13.7. The summed E-state index contributed by atoms with van der Waals surface area (Å²) in [5.74, 6) is 0.248. The molecule has 4 rings (SSSR count). The van der Waals surface area contributed by atoms with E-state index < -0.39 is 0 Å². The van der Waals surface area contributed by atoms with Gasteiger partial charge in [0.05, 0.1) is 0 Å². The Hall–Kier alpha value is -2.92. The number of fused-ring (bicyclic) bond motifs is 1. The van der Waals surface area contributed by atoms with Crippen LogP contribution in [0.5, 0.6) is 0 Å². The van der Waals surface area contributed by atoms with Crippen LogP contribution < -0.4 is 10.6 Å². The molecule has 0 radical (unpaired) electrons. The number of nitrogens with zero attached hydrogens (tertiary/aromatic N) is 1. The maximum absolute atomic E-state index is 12.1. The maximum Gasteiger partial charge on any atom is 0.276 e. The van der Waals surface area contributed by atoms with E-state index in [0.717, 1.165) is 11.3 Å². The minimum Gasteiger partial charge on any atom is -0.326 e. The molecule has 0 atom stereocenters. The first-order valence-electron chi connectivity index (χ1n) is 7.19. The smallest absolute Gasteiger partial charge is 0.276 e. The van der Waals surface area contributed by atoms with Gasteiger partial charge in [0.1, 0.15) is 5.70 Å². The Morgan fingerprint density at radius 2 is 1.96 bits per heavy atom. The van der Waals surface area contributed by atoms with E-state index in [9.17, 15) is 4.79 Å². The van der Waals surface area contributed by atoms with E-state index in [1.165, 1.54) is 10.1 Å². The molecule has 1 aromatic heterocycles. The molecular formula is C18H13N3OS. The van der Waals surface area contributed by atoms with Crippen molar-refractivity contribution in [3.8, 4) is 0 Å². The van der Waals surface area contributed by atoms with Gasteiger partial charge in [0.15, 0.2) is 0 Å². The zero-order valence-electron chi connectivity index (χ0n) is 12.1. The third-order valence-electron chi connectivity index (χ3n) is 3.51. The average Bonchev–Trinajstić information content (AvgIpc) is 3.15. The van der Waals surface area contributed by atoms with Crippen molar-refractivity contribution in [1.82, 2.24) is 5.32 Å². The lowest BCUT2D eigenvalue weighted by Crippen LogP contribution is -2.29. The quantitative estimate of drug-likeness (QED) is 0.705. The predicted octanol–water partition coefficient (Wildman–Crippen LogP) is 3.84. The number of guanidine groups is 1. The minimum atomic E-state index is -0.200. The molecule has 23 heavy (non-hydrogen) atoms. The SMILES string of the molecule is O=C1NC(Nc2ccccc2)=N/C1=C\c1ccc2sccc2c1. The minimum absolute atomic E-state index is 0.200. The fourth-order valence-corrected chi connectivity index (χ4v) is 3.19. The lowest BCUT2D eigenvalue weighted by Gasteiger charge is -2.03. The molecule has 0 saturated carbocycles. The molecule has 0 fully saturated rings. The third-order valence-corrected chi connectivity index (χ3v) is 4.41. The van der Waals surface area contributed by atoms with Gasteiger partial charge in [0, 0.05) is 10.4 Å². The number of aliphatic imine (C=N–C) groups is 1. The van der Waals surface area contributed by atoms with Gasteiger partial charge >= 0.3 is 0 Å². The first-order valence-corrected chi connectivity index (χ1v) is 8.07. The van der Waals surface area contributed by atoms with Crippen molar-refractivity contribution in [3.05, 3.63) is 71.2 Å². The van der Waals surface area contributed by atoms with Crippen molar-refractivity contribution < 1.29 is 4.79 Å². The second-order valence-corrected chi connectivity index (χ2v) is 6.10. The molecule has 2 heterocycles. The first-order chi connectivity index (χ1) is 11.3. The van der Waals surface area contributed by atoms with Crippen molar-refractivity contribution >= 4 is 45.1 Å². The lowest BCUT2D eigenvalue weighted by atomic mass is 10.1. The molecule has 4 nitrogen and oxygen atoms in total. The van der Waals surface area contributed by atoms with E-state index in [0.29, 0.717) is 11.7 Å². The highest BCUT2D eigenvalue weighted by Crippen LogP contribution is 2.23. The van der Waals surface area contributed by atoms with Crippen LogP contribution in [-0.4, -0.2) is 11.9 Å². The molecule has 5 heteroatoms. The highest BCUT2D eigenvalue weighted by atomic mass is 32.1. The van der Waals surface area contributed by atoms with E-state index in [2.05, 4.69) is 39.2 Å². The number of carbonyl (C=O) groups is 1. The summed E-state index contributed by atoms with van der Waals surface area (Å²) in [6.07, 6.45) is 1.80. The number of amides is 1. The zero-order chi connectivity index (χ0) is 15.6. The Labute approximate surface area is 137 Å². The number of para-hydroxylation sites is 1. The number of thiophene rings is 1. The van der Waals surface area contributed by atoms with Crippen LogP contribution in [0.4, 0.5) is 5.69 Å². The number of rotatable bonds is 2. The Kier molecular flexibility index (Phi) is 3.40. The van der Waals surface area contributed by atoms with E-state index in [1.54, 1.807) is 17.4 Å².